The van der Waals surface area contributed by atoms with Crippen LogP contribution in [0.3, 0.4) is 0 Å². The van der Waals surface area contributed by atoms with Crippen LogP contribution < -0.4 is 5.73 Å². The molecule has 0 fully saturated rings. The molecule has 0 aliphatic carbocycles. The number of aryl methyl sites for hydroxylation is 2. The Labute approximate surface area is 127 Å². The van der Waals surface area contributed by atoms with Gasteiger partial charge in [0, 0.05) is 16.3 Å². The Morgan fingerprint density at radius 1 is 1.05 bits per heavy atom. The van der Waals surface area contributed by atoms with Crippen LogP contribution in [0.5, 0.6) is 0 Å². The fourth-order valence-electron chi connectivity index (χ4n) is 2.20. The minimum atomic E-state index is 0.670. The lowest BCUT2D eigenvalue weighted by Gasteiger charge is -2.09. The summed E-state index contributed by atoms with van der Waals surface area (Å²) in [6.45, 7) is 3.93. The molecule has 2 N–H and O–H groups in total. The first-order chi connectivity index (χ1) is 10.1. The van der Waals surface area contributed by atoms with Gasteiger partial charge < -0.3 is 5.73 Å². The molecule has 0 unspecified atom stereocenters. The van der Waals surface area contributed by atoms with Gasteiger partial charge in [0.25, 0.3) is 0 Å². The van der Waals surface area contributed by atoms with Gasteiger partial charge in [-0.1, -0.05) is 11.6 Å². The van der Waals surface area contributed by atoms with E-state index in [0.717, 1.165) is 28.1 Å². The molecule has 2 aromatic carbocycles. The number of hydrogen-bond acceptors (Lipinski definition) is 4. The molecule has 0 radical (unpaired) electrons. The van der Waals surface area contributed by atoms with Crippen molar-refractivity contribution in [3.05, 3.63) is 52.5 Å². The molecular formula is C15H14ClN5. The van der Waals surface area contributed by atoms with Crippen LogP contribution in [0.4, 0.5) is 5.69 Å². The third-order valence-electron chi connectivity index (χ3n) is 3.38. The number of anilines is 1. The highest BCUT2D eigenvalue weighted by Gasteiger charge is 2.13. The molecule has 1 aromatic heterocycles. The van der Waals surface area contributed by atoms with Crippen LogP contribution in [0.15, 0.2) is 36.4 Å². The smallest absolute Gasteiger partial charge is 0.187 e. The van der Waals surface area contributed by atoms with Gasteiger partial charge in [-0.15, -0.1) is 5.10 Å². The predicted octanol–water partition coefficient (Wildman–Crippen LogP) is 3.18. The van der Waals surface area contributed by atoms with Crippen molar-refractivity contribution < 1.29 is 0 Å². The molecule has 3 rings (SSSR count). The second kappa shape index (κ2) is 5.18. The molecule has 5 nitrogen and oxygen atoms in total. The first-order valence-corrected chi connectivity index (χ1v) is 6.85. The van der Waals surface area contributed by atoms with Crippen LogP contribution in [0.25, 0.3) is 17.1 Å². The number of halogens is 1. The molecule has 1 heterocycles. The highest BCUT2D eigenvalue weighted by atomic mass is 35.5. The highest BCUT2D eigenvalue weighted by molar-refractivity contribution is 6.30. The Morgan fingerprint density at radius 3 is 2.57 bits per heavy atom. The summed E-state index contributed by atoms with van der Waals surface area (Å²) in [5, 5.41) is 12.7. The topological polar surface area (TPSA) is 69.6 Å². The van der Waals surface area contributed by atoms with E-state index in [1.54, 1.807) is 4.68 Å². The lowest BCUT2D eigenvalue weighted by atomic mass is 10.1. The maximum absolute atomic E-state index is 6.00. The molecular weight excluding hydrogens is 286 g/mol. The number of tetrazole rings is 1. The van der Waals surface area contributed by atoms with E-state index in [1.807, 2.05) is 50.2 Å². The van der Waals surface area contributed by atoms with E-state index in [4.69, 9.17) is 17.3 Å². The fraction of sp³-hybridized carbons (Fsp3) is 0.133. The van der Waals surface area contributed by atoms with Gasteiger partial charge in [0.1, 0.15) is 0 Å². The van der Waals surface area contributed by atoms with Crippen LogP contribution in [-0.2, 0) is 0 Å². The normalized spacial score (nSPS) is 10.8. The van der Waals surface area contributed by atoms with Crippen molar-refractivity contribution in [1.29, 1.82) is 0 Å². The van der Waals surface area contributed by atoms with E-state index >= 15 is 0 Å². The largest absolute Gasteiger partial charge is 0.399 e. The van der Waals surface area contributed by atoms with E-state index in [1.165, 1.54) is 0 Å². The Hall–Kier alpha value is -2.40. The SMILES string of the molecule is Cc1cc(-c2nnnn2-c2ccc(Cl)cc2C)ccc1N. The van der Waals surface area contributed by atoms with E-state index in [0.29, 0.717) is 10.8 Å². The molecule has 106 valence electrons. The van der Waals surface area contributed by atoms with Gasteiger partial charge in [-0.25, -0.2) is 0 Å². The van der Waals surface area contributed by atoms with Crippen molar-refractivity contribution in [2.45, 2.75) is 13.8 Å². The molecule has 6 heteroatoms. The zero-order valence-electron chi connectivity index (χ0n) is 11.7. The zero-order chi connectivity index (χ0) is 15.0. The highest BCUT2D eigenvalue weighted by Crippen LogP contribution is 2.25. The standard InChI is InChI=1S/C15H14ClN5/c1-9-7-11(3-5-13(9)17)15-18-19-20-21(15)14-6-4-12(16)8-10(14)2/h3-8H,17H2,1-2H3. The summed E-state index contributed by atoms with van der Waals surface area (Å²) in [5.41, 5.74) is 10.4. The number of hydrogen-bond donors (Lipinski definition) is 1. The van der Waals surface area contributed by atoms with E-state index in [-0.39, 0.29) is 0 Å². The van der Waals surface area contributed by atoms with Gasteiger partial charge in [-0.2, -0.15) is 4.68 Å². The maximum atomic E-state index is 6.00. The molecule has 21 heavy (non-hydrogen) atoms. The van der Waals surface area contributed by atoms with Gasteiger partial charge in [0.15, 0.2) is 5.82 Å². The lowest BCUT2D eigenvalue weighted by Crippen LogP contribution is -2.02. The van der Waals surface area contributed by atoms with Crippen molar-refractivity contribution >= 4 is 17.3 Å². The van der Waals surface area contributed by atoms with Crippen LogP contribution in [0, 0.1) is 13.8 Å². The molecule has 0 saturated carbocycles. The number of nitrogen functional groups attached to an aromatic ring is 1. The molecule has 0 bridgehead atoms. The Bertz CT molecular complexity index is 810. The van der Waals surface area contributed by atoms with Gasteiger partial charge in [-0.05, 0) is 71.8 Å². The second-order valence-electron chi connectivity index (χ2n) is 4.92. The minimum absolute atomic E-state index is 0.670. The third kappa shape index (κ3) is 2.48. The summed E-state index contributed by atoms with van der Waals surface area (Å²) in [4.78, 5) is 0. The van der Waals surface area contributed by atoms with Crippen molar-refractivity contribution in [3.63, 3.8) is 0 Å². The molecule has 3 aromatic rings. The number of rotatable bonds is 2. The maximum Gasteiger partial charge on any atom is 0.187 e. The fourth-order valence-corrected chi connectivity index (χ4v) is 2.43. The quantitative estimate of drug-likeness (QED) is 0.738. The first-order valence-electron chi connectivity index (χ1n) is 6.47. The molecule has 0 amide bonds. The third-order valence-corrected chi connectivity index (χ3v) is 3.62. The van der Waals surface area contributed by atoms with Crippen molar-refractivity contribution in [2.24, 2.45) is 0 Å². The number of benzene rings is 2. The Morgan fingerprint density at radius 2 is 1.86 bits per heavy atom. The zero-order valence-corrected chi connectivity index (χ0v) is 12.5. The Kier molecular flexibility index (Phi) is 3.35. The second-order valence-corrected chi connectivity index (χ2v) is 5.35. The van der Waals surface area contributed by atoms with E-state index in [9.17, 15) is 0 Å². The molecule has 0 saturated heterocycles. The predicted molar refractivity (Wildman–Crippen MR) is 83.5 cm³/mol. The lowest BCUT2D eigenvalue weighted by molar-refractivity contribution is 0.787. The summed E-state index contributed by atoms with van der Waals surface area (Å²) >= 11 is 6.00. The van der Waals surface area contributed by atoms with Crippen molar-refractivity contribution in [1.82, 2.24) is 20.2 Å². The molecule has 0 aliphatic heterocycles. The Balaban J connectivity index is 2.14. The van der Waals surface area contributed by atoms with Crippen LogP contribution in [-0.4, -0.2) is 20.2 Å². The van der Waals surface area contributed by atoms with Crippen LogP contribution in [0.2, 0.25) is 5.02 Å². The monoisotopic (exact) mass is 299 g/mol. The summed E-state index contributed by atoms with van der Waals surface area (Å²) < 4.78 is 1.70. The molecule has 0 atom stereocenters. The van der Waals surface area contributed by atoms with Gasteiger partial charge in [0.05, 0.1) is 5.69 Å². The number of aromatic nitrogens is 4. The van der Waals surface area contributed by atoms with Gasteiger partial charge >= 0.3 is 0 Å². The summed E-state index contributed by atoms with van der Waals surface area (Å²) in [6.07, 6.45) is 0. The number of nitrogens with zero attached hydrogens (tertiary/aromatic N) is 4. The summed E-state index contributed by atoms with van der Waals surface area (Å²) in [5.74, 6) is 0.670. The van der Waals surface area contributed by atoms with Crippen LogP contribution >= 0.6 is 11.6 Å². The number of nitrogens with two attached hydrogens (primary N) is 1. The first kappa shape index (κ1) is 13.6. The van der Waals surface area contributed by atoms with Gasteiger partial charge in [0.2, 0.25) is 0 Å². The molecule has 0 aliphatic rings. The van der Waals surface area contributed by atoms with Crippen LogP contribution in [0.1, 0.15) is 11.1 Å². The summed E-state index contributed by atoms with van der Waals surface area (Å²) in [7, 11) is 0. The van der Waals surface area contributed by atoms with Crippen molar-refractivity contribution in [3.8, 4) is 17.1 Å². The molecule has 0 spiro atoms. The minimum Gasteiger partial charge on any atom is -0.399 e. The van der Waals surface area contributed by atoms with E-state index < -0.39 is 0 Å². The average molecular weight is 300 g/mol. The average Bonchev–Trinajstić information content (AvgIpc) is 2.91. The van der Waals surface area contributed by atoms with Crippen molar-refractivity contribution in [2.75, 3.05) is 5.73 Å². The summed E-state index contributed by atoms with van der Waals surface area (Å²) in [6, 6.07) is 11.4. The van der Waals surface area contributed by atoms with Gasteiger partial charge in [-0.3, -0.25) is 0 Å². The van der Waals surface area contributed by atoms with E-state index in [2.05, 4.69) is 15.5 Å².